The minimum atomic E-state index is 0.304. The maximum absolute atomic E-state index is 8.42. The lowest BCUT2D eigenvalue weighted by Gasteiger charge is -2.01. The Labute approximate surface area is 62.6 Å². The number of hydrogen-bond acceptors (Lipinski definition) is 3. The van der Waals surface area contributed by atoms with Gasteiger partial charge in [-0.15, -0.1) is 0 Å². The second-order valence-corrected chi connectivity index (χ2v) is 2.32. The van der Waals surface area contributed by atoms with Crippen LogP contribution in [0.2, 0.25) is 0 Å². The normalized spacial score (nSPS) is 10.2. The molecular formula is C7H18N2O. The molecule has 0 heterocycles. The minimum absolute atomic E-state index is 0.304. The summed E-state index contributed by atoms with van der Waals surface area (Å²) in [7, 11) is 0. The molecule has 0 aliphatic heterocycles. The zero-order valence-corrected chi connectivity index (χ0v) is 6.47. The molecule has 0 bridgehead atoms. The third-order valence-electron chi connectivity index (χ3n) is 1.32. The van der Waals surface area contributed by atoms with Crippen LogP contribution in [0.4, 0.5) is 0 Å². The van der Waals surface area contributed by atoms with Crippen LogP contribution in [0.1, 0.15) is 19.3 Å². The summed E-state index contributed by atoms with van der Waals surface area (Å²) in [6.07, 6.45) is 3.00. The molecule has 0 radical (unpaired) electrons. The van der Waals surface area contributed by atoms with Crippen molar-refractivity contribution in [3.8, 4) is 0 Å². The molecule has 0 saturated heterocycles. The van der Waals surface area contributed by atoms with E-state index in [-0.39, 0.29) is 0 Å². The van der Waals surface area contributed by atoms with Crippen LogP contribution in [-0.2, 0) is 0 Å². The van der Waals surface area contributed by atoms with Crippen LogP contribution in [0.15, 0.2) is 0 Å². The first-order chi connectivity index (χ1) is 4.91. The fourth-order valence-corrected chi connectivity index (χ4v) is 0.714. The van der Waals surface area contributed by atoms with Gasteiger partial charge in [-0.2, -0.15) is 0 Å². The van der Waals surface area contributed by atoms with Gasteiger partial charge in [-0.25, -0.2) is 0 Å². The molecule has 0 fully saturated rings. The summed E-state index contributed by atoms with van der Waals surface area (Å²) in [5.74, 6) is 0. The molecule has 0 saturated carbocycles. The number of rotatable bonds is 7. The quantitative estimate of drug-likeness (QED) is 0.432. The van der Waals surface area contributed by atoms with Crippen LogP contribution in [0.5, 0.6) is 0 Å². The molecule has 0 aromatic heterocycles. The Morgan fingerprint density at radius 1 is 1.10 bits per heavy atom. The van der Waals surface area contributed by atoms with E-state index < -0.39 is 0 Å². The lowest BCUT2D eigenvalue weighted by Crippen LogP contribution is -2.19. The topological polar surface area (TPSA) is 58.3 Å². The van der Waals surface area contributed by atoms with Gasteiger partial charge in [0.2, 0.25) is 0 Å². The third kappa shape index (κ3) is 7.88. The summed E-state index contributed by atoms with van der Waals surface area (Å²) in [6, 6.07) is 0. The molecule has 10 heavy (non-hydrogen) atoms. The standard InChI is InChI=1S/C7H18N2O/c8-4-3-6-9-5-1-2-7-10/h9-10H,1-8H2. The van der Waals surface area contributed by atoms with Crippen molar-refractivity contribution < 1.29 is 5.11 Å². The number of unbranched alkanes of at least 4 members (excludes halogenated alkanes) is 1. The van der Waals surface area contributed by atoms with Crippen molar-refractivity contribution in [3.63, 3.8) is 0 Å². The van der Waals surface area contributed by atoms with Crippen molar-refractivity contribution in [2.45, 2.75) is 19.3 Å². The van der Waals surface area contributed by atoms with Gasteiger partial charge in [-0.3, -0.25) is 0 Å². The van der Waals surface area contributed by atoms with Gasteiger partial charge in [0.05, 0.1) is 0 Å². The Hall–Kier alpha value is -0.120. The average molecular weight is 146 g/mol. The highest BCUT2D eigenvalue weighted by molar-refractivity contribution is 4.48. The molecule has 0 aromatic rings. The van der Waals surface area contributed by atoms with Crippen LogP contribution in [0.25, 0.3) is 0 Å². The van der Waals surface area contributed by atoms with E-state index in [2.05, 4.69) is 5.32 Å². The fourth-order valence-electron chi connectivity index (χ4n) is 0.714. The number of aliphatic hydroxyl groups is 1. The highest BCUT2D eigenvalue weighted by atomic mass is 16.2. The van der Waals surface area contributed by atoms with Gasteiger partial charge in [-0.05, 0) is 38.9 Å². The summed E-state index contributed by atoms with van der Waals surface area (Å²) >= 11 is 0. The second kappa shape index (κ2) is 8.88. The molecule has 3 nitrogen and oxygen atoms in total. The molecule has 0 aliphatic carbocycles. The summed E-state index contributed by atoms with van der Waals surface area (Å²) in [6.45, 7) is 3.06. The zero-order chi connectivity index (χ0) is 7.66. The van der Waals surface area contributed by atoms with Crippen molar-refractivity contribution >= 4 is 0 Å². The lowest BCUT2D eigenvalue weighted by molar-refractivity contribution is 0.283. The predicted octanol–water partition coefficient (Wildman–Crippen LogP) is -0.303. The van der Waals surface area contributed by atoms with Gasteiger partial charge in [0, 0.05) is 6.61 Å². The van der Waals surface area contributed by atoms with Crippen LogP contribution in [0, 0.1) is 0 Å². The molecule has 0 unspecified atom stereocenters. The number of nitrogens with one attached hydrogen (secondary N) is 1. The van der Waals surface area contributed by atoms with Crippen molar-refractivity contribution in [3.05, 3.63) is 0 Å². The third-order valence-corrected chi connectivity index (χ3v) is 1.32. The molecule has 0 spiro atoms. The molecule has 0 amide bonds. The Bertz CT molecular complexity index is 51.6. The molecule has 0 atom stereocenters. The van der Waals surface area contributed by atoms with Crippen molar-refractivity contribution in [2.75, 3.05) is 26.2 Å². The lowest BCUT2D eigenvalue weighted by atomic mass is 10.3. The Balaban J connectivity index is 2.65. The van der Waals surface area contributed by atoms with E-state index >= 15 is 0 Å². The van der Waals surface area contributed by atoms with E-state index in [9.17, 15) is 0 Å². The van der Waals surface area contributed by atoms with Gasteiger partial charge in [0.25, 0.3) is 0 Å². The Kier molecular flexibility index (Phi) is 8.77. The van der Waals surface area contributed by atoms with E-state index in [0.29, 0.717) is 6.61 Å². The maximum Gasteiger partial charge on any atom is 0.0431 e. The molecule has 0 rings (SSSR count). The first-order valence-corrected chi connectivity index (χ1v) is 3.93. The van der Waals surface area contributed by atoms with Gasteiger partial charge in [0.1, 0.15) is 0 Å². The van der Waals surface area contributed by atoms with E-state index in [1.165, 1.54) is 0 Å². The molecule has 0 aromatic carbocycles. The number of nitrogens with two attached hydrogens (primary N) is 1. The van der Waals surface area contributed by atoms with Gasteiger partial charge in [-0.1, -0.05) is 0 Å². The van der Waals surface area contributed by atoms with Crippen LogP contribution in [-0.4, -0.2) is 31.3 Å². The zero-order valence-electron chi connectivity index (χ0n) is 6.47. The summed E-state index contributed by atoms with van der Waals surface area (Å²) < 4.78 is 0. The predicted molar refractivity (Wildman–Crippen MR) is 42.9 cm³/mol. The van der Waals surface area contributed by atoms with Crippen LogP contribution in [0.3, 0.4) is 0 Å². The summed E-state index contributed by atoms with van der Waals surface area (Å²) in [4.78, 5) is 0. The first kappa shape index (κ1) is 9.88. The Morgan fingerprint density at radius 3 is 2.40 bits per heavy atom. The molecular weight excluding hydrogens is 128 g/mol. The Morgan fingerprint density at radius 2 is 1.80 bits per heavy atom. The average Bonchev–Trinajstić information content (AvgIpc) is 1.97. The highest BCUT2D eigenvalue weighted by Gasteiger charge is 1.85. The smallest absolute Gasteiger partial charge is 0.0431 e. The summed E-state index contributed by atoms with van der Waals surface area (Å²) in [5.41, 5.74) is 5.29. The largest absolute Gasteiger partial charge is 0.396 e. The molecule has 0 aliphatic rings. The SMILES string of the molecule is NCCCNCCCCO. The molecule has 4 N–H and O–H groups in total. The van der Waals surface area contributed by atoms with Gasteiger partial charge >= 0.3 is 0 Å². The van der Waals surface area contributed by atoms with E-state index in [1.54, 1.807) is 0 Å². The number of aliphatic hydroxyl groups excluding tert-OH is 1. The maximum atomic E-state index is 8.42. The fraction of sp³-hybridized carbons (Fsp3) is 1.00. The van der Waals surface area contributed by atoms with E-state index in [4.69, 9.17) is 10.8 Å². The number of hydrogen-bond donors (Lipinski definition) is 3. The highest BCUT2D eigenvalue weighted by Crippen LogP contribution is 1.83. The van der Waals surface area contributed by atoms with Crippen molar-refractivity contribution in [1.29, 1.82) is 0 Å². The van der Waals surface area contributed by atoms with Crippen molar-refractivity contribution in [1.82, 2.24) is 5.32 Å². The van der Waals surface area contributed by atoms with E-state index in [0.717, 1.165) is 38.9 Å². The minimum Gasteiger partial charge on any atom is -0.396 e. The monoisotopic (exact) mass is 146 g/mol. The van der Waals surface area contributed by atoms with Crippen molar-refractivity contribution in [2.24, 2.45) is 5.73 Å². The van der Waals surface area contributed by atoms with E-state index in [1.807, 2.05) is 0 Å². The summed E-state index contributed by atoms with van der Waals surface area (Å²) in [5, 5.41) is 11.7. The first-order valence-electron chi connectivity index (χ1n) is 3.93. The molecule has 62 valence electrons. The van der Waals surface area contributed by atoms with Crippen LogP contribution < -0.4 is 11.1 Å². The molecule has 3 heteroatoms. The van der Waals surface area contributed by atoms with Gasteiger partial charge in [0.15, 0.2) is 0 Å². The second-order valence-electron chi connectivity index (χ2n) is 2.32. The van der Waals surface area contributed by atoms with Gasteiger partial charge < -0.3 is 16.2 Å². The van der Waals surface area contributed by atoms with Crippen LogP contribution >= 0.6 is 0 Å².